The maximum atomic E-state index is 12.4. The number of carbonyl (C=O) groups is 1. The van der Waals surface area contributed by atoms with E-state index in [1.165, 1.54) is 18.4 Å². The fourth-order valence-electron chi connectivity index (χ4n) is 2.51. The molecule has 1 aromatic heterocycles. The first-order valence-corrected chi connectivity index (χ1v) is 6.99. The third-order valence-electron chi connectivity index (χ3n) is 3.49. The Morgan fingerprint density at radius 1 is 1.35 bits per heavy atom. The quantitative estimate of drug-likeness (QED) is 0.801. The second-order valence-electron chi connectivity index (χ2n) is 6.45. The number of anilines is 1. The average molecular weight is 272 g/mol. The lowest BCUT2D eigenvalue weighted by Gasteiger charge is -2.20. The Hall–Kier alpha value is -1.97. The minimum absolute atomic E-state index is 0.368. The zero-order valence-corrected chi connectivity index (χ0v) is 12.1. The third kappa shape index (κ3) is 2.26. The molecule has 0 radical (unpaired) electrons. The van der Waals surface area contributed by atoms with E-state index in [2.05, 4.69) is 0 Å². The number of rotatable bonds is 1. The fraction of sp³-hybridized carbons (Fsp3) is 0.438. The minimum atomic E-state index is -0.517. The monoisotopic (exact) mass is 272 g/mol. The number of fused-ring (bicyclic) bond motifs is 1. The van der Waals surface area contributed by atoms with Gasteiger partial charge in [-0.2, -0.15) is 0 Å². The number of hydrogen-bond donors (Lipinski definition) is 1. The van der Waals surface area contributed by atoms with Gasteiger partial charge in [-0.1, -0.05) is 12.1 Å². The van der Waals surface area contributed by atoms with Crippen molar-refractivity contribution in [2.45, 2.75) is 45.1 Å². The average Bonchev–Trinajstić information content (AvgIpc) is 3.08. The third-order valence-corrected chi connectivity index (χ3v) is 3.49. The molecular formula is C16H20N2O2. The molecule has 0 amide bonds. The second-order valence-corrected chi connectivity index (χ2v) is 6.45. The number of benzene rings is 1. The molecule has 1 aliphatic carbocycles. The van der Waals surface area contributed by atoms with E-state index in [0.29, 0.717) is 11.6 Å². The number of nitrogens with two attached hydrogens (primary N) is 1. The van der Waals surface area contributed by atoms with Gasteiger partial charge in [0.25, 0.3) is 0 Å². The second kappa shape index (κ2) is 4.27. The Kier molecular flexibility index (Phi) is 2.78. The number of para-hydroxylation sites is 1. The van der Waals surface area contributed by atoms with E-state index in [9.17, 15) is 4.79 Å². The summed E-state index contributed by atoms with van der Waals surface area (Å²) in [6.07, 6.45) is 3.89. The van der Waals surface area contributed by atoms with E-state index in [-0.39, 0.29) is 6.09 Å². The van der Waals surface area contributed by atoms with Gasteiger partial charge in [-0.15, -0.1) is 0 Å². The van der Waals surface area contributed by atoms with E-state index in [1.54, 1.807) is 4.57 Å². The first kappa shape index (κ1) is 13.0. The van der Waals surface area contributed by atoms with Gasteiger partial charge in [0.15, 0.2) is 0 Å². The lowest BCUT2D eigenvalue weighted by molar-refractivity contribution is 0.0544. The van der Waals surface area contributed by atoms with Gasteiger partial charge in [-0.25, -0.2) is 4.79 Å². The summed E-state index contributed by atoms with van der Waals surface area (Å²) in [5, 5.41) is 1.07. The summed E-state index contributed by atoms with van der Waals surface area (Å²) in [7, 11) is 0. The van der Waals surface area contributed by atoms with E-state index < -0.39 is 5.60 Å². The minimum Gasteiger partial charge on any atom is -0.443 e. The predicted molar refractivity (Wildman–Crippen MR) is 80.0 cm³/mol. The van der Waals surface area contributed by atoms with Crippen LogP contribution in [0.5, 0.6) is 0 Å². The highest BCUT2D eigenvalue weighted by molar-refractivity contribution is 5.99. The molecule has 0 spiro atoms. The molecule has 0 unspecified atom stereocenters. The molecule has 4 heteroatoms. The SMILES string of the molecule is CC(C)(C)OC(=O)n1cc(C2CC2)c2cccc(N)c21. The topological polar surface area (TPSA) is 57.2 Å². The molecule has 20 heavy (non-hydrogen) atoms. The van der Waals surface area contributed by atoms with Crippen molar-refractivity contribution < 1.29 is 9.53 Å². The zero-order chi connectivity index (χ0) is 14.5. The van der Waals surface area contributed by atoms with Crippen molar-refractivity contribution in [2.75, 3.05) is 5.73 Å². The molecule has 1 fully saturated rings. The largest absolute Gasteiger partial charge is 0.443 e. The summed E-state index contributed by atoms with van der Waals surface area (Å²) in [5.41, 5.74) is 8.13. The van der Waals surface area contributed by atoms with Gasteiger partial charge in [0, 0.05) is 11.6 Å². The van der Waals surface area contributed by atoms with Crippen molar-refractivity contribution in [1.82, 2.24) is 4.57 Å². The normalized spacial score (nSPS) is 15.6. The Labute approximate surface area is 118 Å². The summed E-state index contributed by atoms with van der Waals surface area (Å²) >= 11 is 0. The Balaban J connectivity index is 2.13. The Morgan fingerprint density at radius 3 is 2.65 bits per heavy atom. The molecule has 1 saturated carbocycles. The highest BCUT2D eigenvalue weighted by atomic mass is 16.6. The van der Waals surface area contributed by atoms with Crippen LogP contribution in [0.3, 0.4) is 0 Å². The molecule has 106 valence electrons. The van der Waals surface area contributed by atoms with Gasteiger partial charge < -0.3 is 10.5 Å². The molecule has 3 rings (SSSR count). The molecule has 2 N–H and O–H groups in total. The van der Waals surface area contributed by atoms with Crippen molar-refractivity contribution in [1.29, 1.82) is 0 Å². The number of nitrogens with zero attached hydrogens (tertiary/aromatic N) is 1. The first-order chi connectivity index (χ1) is 9.37. The van der Waals surface area contributed by atoms with Crippen LogP contribution in [-0.2, 0) is 4.74 Å². The van der Waals surface area contributed by atoms with E-state index >= 15 is 0 Å². The molecule has 0 bridgehead atoms. The van der Waals surface area contributed by atoms with Crippen LogP contribution in [0.1, 0.15) is 45.1 Å². The highest BCUT2D eigenvalue weighted by Crippen LogP contribution is 2.44. The number of carbonyl (C=O) groups excluding carboxylic acids is 1. The Morgan fingerprint density at radius 2 is 2.05 bits per heavy atom. The fourth-order valence-corrected chi connectivity index (χ4v) is 2.51. The van der Waals surface area contributed by atoms with E-state index in [0.717, 1.165) is 10.9 Å². The molecule has 1 heterocycles. The molecule has 1 aliphatic rings. The van der Waals surface area contributed by atoms with Gasteiger partial charge in [0.2, 0.25) is 0 Å². The van der Waals surface area contributed by atoms with Crippen molar-refractivity contribution in [3.05, 3.63) is 30.0 Å². The van der Waals surface area contributed by atoms with E-state index in [1.807, 2.05) is 45.2 Å². The van der Waals surface area contributed by atoms with Crippen molar-refractivity contribution in [3.8, 4) is 0 Å². The maximum Gasteiger partial charge on any atom is 0.419 e. The number of nitrogen functional groups attached to an aromatic ring is 1. The molecule has 0 atom stereocenters. The van der Waals surface area contributed by atoms with Gasteiger partial charge in [-0.3, -0.25) is 4.57 Å². The summed E-state index contributed by atoms with van der Waals surface area (Å²) in [5.74, 6) is 0.558. The summed E-state index contributed by atoms with van der Waals surface area (Å²) in [6.45, 7) is 5.59. The maximum absolute atomic E-state index is 12.4. The number of hydrogen-bond acceptors (Lipinski definition) is 3. The van der Waals surface area contributed by atoms with Crippen LogP contribution in [0.25, 0.3) is 10.9 Å². The van der Waals surface area contributed by atoms with Gasteiger partial charge >= 0.3 is 6.09 Å². The Bertz CT molecular complexity index is 676. The van der Waals surface area contributed by atoms with E-state index in [4.69, 9.17) is 10.5 Å². The molecule has 0 saturated heterocycles. The van der Waals surface area contributed by atoms with Crippen molar-refractivity contribution >= 4 is 22.7 Å². The first-order valence-electron chi connectivity index (χ1n) is 6.99. The van der Waals surface area contributed by atoms with Crippen LogP contribution in [0.15, 0.2) is 24.4 Å². The highest BCUT2D eigenvalue weighted by Gasteiger charge is 2.29. The van der Waals surface area contributed by atoms with Gasteiger partial charge in [-0.05, 0) is 51.2 Å². The smallest absolute Gasteiger partial charge is 0.419 e. The van der Waals surface area contributed by atoms with Gasteiger partial charge in [0.05, 0.1) is 11.2 Å². The summed E-state index contributed by atoms with van der Waals surface area (Å²) in [4.78, 5) is 12.4. The van der Waals surface area contributed by atoms with Crippen LogP contribution in [0.2, 0.25) is 0 Å². The van der Waals surface area contributed by atoms with Crippen LogP contribution in [0, 0.1) is 0 Å². The molecule has 4 nitrogen and oxygen atoms in total. The zero-order valence-electron chi connectivity index (χ0n) is 12.1. The van der Waals surface area contributed by atoms with Crippen LogP contribution in [0.4, 0.5) is 10.5 Å². The van der Waals surface area contributed by atoms with Crippen molar-refractivity contribution in [3.63, 3.8) is 0 Å². The molecule has 0 aliphatic heterocycles. The van der Waals surface area contributed by atoms with Crippen LogP contribution < -0.4 is 5.73 Å². The lowest BCUT2D eigenvalue weighted by atomic mass is 10.1. The summed E-state index contributed by atoms with van der Waals surface area (Å²) in [6, 6.07) is 5.78. The summed E-state index contributed by atoms with van der Waals surface area (Å²) < 4.78 is 7.03. The predicted octanol–water partition coefficient (Wildman–Crippen LogP) is 3.88. The van der Waals surface area contributed by atoms with Crippen LogP contribution >= 0.6 is 0 Å². The van der Waals surface area contributed by atoms with Crippen LogP contribution in [-0.4, -0.2) is 16.3 Å². The molecule has 2 aromatic rings. The van der Waals surface area contributed by atoms with Gasteiger partial charge in [0.1, 0.15) is 5.60 Å². The lowest BCUT2D eigenvalue weighted by Crippen LogP contribution is -2.26. The molecule has 1 aromatic carbocycles. The standard InChI is InChI=1S/C16H20N2O2/c1-16(2,3)20-15(19)18-9-12(10-7-8-10)11-5-4-6-13(17)14(11)18/h4-6,9-10H,7-8,17H2,1-3H3. The number of aromatic nitrogens is 1. The molecular weight excluding hydrogens is 252 g/mol. The number of ether oxygens (including phenoxy) is 1. The van der Waals surface area contributed by atoms with Crippen molar-refractivity contribution in [2.24, 2.45) is 0 Å².